The van der Waals surface area contributed by atoms with Gasteiger partial charge in [0.15, 0.2) is 11.4 Å². The van der Waals surface area contributed by atoms with E-state index >= 15 is 0 Å². The van der Waals surface area contributed by atoms with Gasteiger partial charge in [-0.05, 0) is 55.1 Å². The second-order valence-corrected chi connectivity index (χ2v) is 8.89. The summed E-state index contributed by atoms with van der Waals surface area (Å²) in [7, 11) is 0. The normalized spacial score (nSPS) is 36.3. The smallest absolute Gasteiger partial charge is 0.247 e. The van der Waals surface area contributed by atoms with Gasteiger partial charge in [0.25, 0.3) is 0 Å². The maximum atomic E-state index is 14.0. The molecular formula is C18H21BrF2N4O2. The van der Waals surface area contributed by atoms with Crippen LogP contribution in [0.1, 0.15) is 33.2 Å². The van der Waals surface area contributed by atoms with Gasteiger partial charge in [-0.2, -0.15) is 0 Å². The zero-order valence-corrected chi connectivity index (χ0v) is 16.8. The third-order valence-electron chi connectivity index (χ3n) is 6.10. The Morgan fingerprint density at radius 3 is 2.89 bits per heavy atom. The Hall–Kier alpha value is -1.32. The van der Waals surface area contributed by atoms with Gasteiger partial charge < -0.3 is 19.4 Å². The number of aromatic nitrogens is 3. The van der Waals surface area contributed by atoms with Crippen LogP contribution < -0.4 is 5.32 Å². The molecule has 1 N–H and O–H groups in total. The molecule has 0 bridgehead atoms. The van der Waals surface area contributed by atoms with E-state index in [0.29, 0.717) is 16.7 Å². The molecule has 5 rings (SSSR count). The summed E-state index contributed by atoms with van der Waals surface area (Å²) in [5.74, 6) is -1.08. The number of imidazole rings is 1. The minimum absolute atomic E-state index is 0.204. The molecule has 0 spiro atoms. The molecule has 146 valence electrons. The minimum atomic E-state index is -2.44. The van der Waals surface area contributed by atoms with Crippen LogP contribution in [0.15, 0.2) is 17.0 Å². The van der Waals surface area contributed by atoms with Gasteiger partial charge in [-0.1, -0.05) is 0 Å². The van der Waals surface area contributed by atoms with Crippen molar-refractivity contribution in [3.05, 3.63) is 17.0 Å². The number of alkyl halides is 2. The van der Waals surface area contributed by atoms with Gasteiger partial charge in [0.1, 0.15) is 22.3 Å². The van der Waals surface area contributed by atoms with Gasteiger partial charge in [0.05, 0.1) is 23.5 Å². The van der Waals surface area contributed by atoms with Gasteiger partial charge in [0, 0.05) is 6.54 Å². The van der Waals surface area contributed by atoms with Crippen LogP contribution in [0.25, 0.3) is 11.2 Å². The Balaban J connectivity index is 1.63. The first-order valence-corrected chi connectivity index (χ1v) is 9.98. The summed E-state index contributed by atoms with van der Waals surface area (Å²) in [6.45, 7) is 6.31. The number of nitrogens with zero attached hydrogens (tertiary/aromatic N) is 3. The van der Waals surface area contributed by atoms with Gasteiger partial charge >= 0.3 is 0 Å². The third kappa shape index (κ3) is 2.34. The maximum Gasteiger partial charge on any atom is 0.247 e. The molecule has 3 fully saturated rings. The molecule has 1 saturated heterocycles. The van der Waals surface area contributed by atoms with E-state index in [1.165, 1.54) is 0 Å². The van der Waals surface area contributed by atoms with Crippen molar-refractivity contribution in [2.24, 2.45) is 11.3 Å². The van der Waals surface area contributed by atoms with Crippen LogP contribution in [0.5, 0.6) is 0 Å². The highest BCUT2D eigenvalue weighted by atomic mass is 79.9. The Kier molecular flexibility index (Phi) is 3.69. The highest BCUT2D eigenvalue weighted by molar-refractivity contribution is 9.10. The summed E-state index contributed by atoms with van der Waals surface area (Å²) in [4.78, 5) is 9.11. The van der Waals surface area contributed by atoms with E-state index in [9.17, 15) is 8.78 Å². The summed E-state index contributed by atoms with van der Waals surface area (Å²) in [5.41, 5.74) is 1.12. The number of fused-ring (bicyclic) bond motifs is 4. The molecule has 1 aliphatic heterocycles. The Morgan fingerprint density at radius 1 is 1.41 bits per heavy atom. The fourth-order valence-corrected chi connectivity index (χ4v) is 5.41. The first-order chi connectivity index (χ1) is 12.8. The average molecular weight is 443 g/mol. The summed E-state index contributed by atoms with van der Waals surface area (Å²) in [6.07, 6.45) is -1.36. The van der Waals surface area contributed by atoms with E-state index in [1.54, 1.807) is 20.2 Å². The monoisotopic (exact) mass is 442 g/mol. The molecule has 3 heterocycles. The summed E-state index contributed by atoms with van der Waals surface area (Å²) in [5, 5.41) is 3.28. The molecule has 3 aliphatic rings. The predicted molar refractivity (Wildman–Crippen MR) is 98.8 cm³/mol. The maximum absolute atomic E-state index is 14.0. The van der Waals surface area contributed by atoms with Crippen LogP contribution in [0.2, 0.25) is 0 Å². The Labute approximate surface area is 163 Å². The first-order valence-electron chi connectivity index (χ1n) is 9.19. The van der Waals surface area contributed by atoms with Crippen LogP contribution in [0.3, 0.4) is 0 Å². The summed E-state index contributed by atoms with van der Waals surface area (Å²) in [6, 6.07) is 1.60. The van der Waals surface area contributed by atoms with Gasteiger partial charge in [-0.15, -0.1) is 0 Å². The van der Waals surface area contributed by atoms with Crippen molar-refractivity contribution >= 4 is 32.8 Å². The molecule has 2 aromatic rings. The van der Waals surface area contributed by atoms with Crippen molar-refractivity contribution in [3.63, 3.8) is 0 Å². The number of halogens is 3. The number of nitrogens with one attached hydrogen (secondary N) is 1. The van der Waals surface area contributed by atoms with Crippen LogP contribution >= 0.6 is 15.9 Å². The Morgan fingerprint density at radius 2 is 2.19 bits per heavy atom. The largest absolute Gasteiger partial charge is 0.383 e. The summed E-state index contributed by atoms with van der Waals surface area (Å²) >= 11 is 3.45. The van der Waals surface area contributed by atoms with E-state index in [2.05, 4.69) is 31.2 Å². The molecule has 9 heteroatoms. The fraction of sp³-hybridized carbons (Fsp3) is 0.667. The molecule has 0 radical (unpaired) electrons. The highest BCUT2D eigenvalue weighted by Crippen LogP contribution is 2.73. The van der Waals surface area contributed by atoms with Gasteiger partial charge in [-0.3, -0.25) is 0 Å². The van der Waals surface area contributed by atoms with Crippen molar-refractivity contribution in [1.82, 2.24) is 14.5 Å². The number of anilines is 1. The van der Waals surface area contributed by atoms with Crippen molar-refractivity contribution < 1.29 is 18.3 Å². The second-order valence-electron chi connectivity index (χ2n) is 8.08. The van der Waals surface area contributed by atoms with E-state index < -0.39 is 29.8 Å². The van der Waals surface area contributed by atoms with Crippen molar-refractivity contribution in [3.8, 4) is 0 Å². The van der Waals surface area contributed by atoms with Crippen LogP contribution in [0.4, 0.5) is 14.5 Å². The fourth-order valence-electron chi connectivity index (χ4n) is 5.02. The molecule has 27 heavy (non-hydrogen) atoms. The second kappa shape index (κ2) is 5.61. The van der Waals surface area contributed by atoms with Crippen molar-refractivity contribution in [2.75, 3.05) is 11.9 Å². The standard InChI is InChI=1S/C18H21BrF2N4O2/c1-4-22-9-5-10(19)24-15-11(9)23-7-25(15)12-8-6-18(8,16(20)21)14-13(12)26-17(2,3)27-14/h5,7-8,12-14,16H,4,6H2,1-3H3,(H,22,24)/t8-,12-,13+,14+,18+/m1/s1. The van der Waals surface area contributed by atoms with Gasteiger partial charge in [0.2, 0.25) is 6.43 Å². The lowest BCUT2D eigenvalue weighted by Gasteiger charge is -2.24. The predicted octanol–water partition coefficient (Wildman–Crippen LogP) is 3.97. The molecule has 2 aliphatic carbocycles. The van der Waals surface area contributed by atoms with Crippen molar-refractivity contribution in [2.45, 2.75) is 57.7 Å². The zero-order chi connectivity index (χ0) is 19.1. The number of hydrogen-bond donors (Lipinski definition) is 1. The van der Waals surface area contributed by atoms with Gasteiger partial charge in [-0.25, -0.2) is 18.7 Å². The van der Waals surface area contributed by atoms with E-state index in [-0.39, 0.29) is 12.0 Å². The summed E-state index contributed by atoms with van der Waals surface area (Å²) < 4.78 is 42.6. The van der Waals surface area contributed by atoms with Crippen LogP contribution in [-0.2, 0) is 9.47 Å². The lowest BCUT2D eigenvalue weighted by atomic mass is 10.00. The average Bonchev–Trinajstić information content (AvgIpc) is 2.91. The van der Waals surface area contributed by atoms with Crippen molar-refractivity contribution in [1.29, 1.82) is 0 Å². The lowest BCUT2D eigenvalue weighted by molar-refractivity contribution is -0.168. The SMILES string of the molecule is CCNc1cc(Br)nc2c1ncn2[C@H]1[C@@H]2OC(C)(C)O[C@@H]2[C@]2(C(F)F)C[C@H]12. The van der Waals surface area contributed by atoms with E-state index in [0.717, 1.165) is 17.7 Å². The Bertz CT molecular complexity index is 920. The molecule has 2 aromatic heterocycles. The number of pyridine rings is 1. The topological polar surface area (TPSA) is 61.2 Å². The van der Waals surface area contributed by atoms with E-state index in [4.69, 9.17) is 9.47 Å². The zero-order valence-electron chi connectivity index (χ0n) is 15.2. The molecule has 0 aromatic carbocycles. The van der Waals surface area contributed by atoms with Crippen LogP contribution in [-0.4, -0.2) is 45.5 Å². The molecular weight excluding hydrogens is 422 g/mol. The van der Waals surface area contributed by atoms with Crippen LogP contribution in [0, 0.1) is 11.3 Å². The molecule has 2 saturated carbocycles. The molecule has 0 unspecified atom stereocenters. The molecule has 5 atom stereocenters. The highest BCUT2D eigenvalue weighted by Gasteiger charge is 2.79. The number of ether oxygens (including phenoxy) is 2. The third-order valence-corrected chi connectivity index (χ3v) is 6.51. The molecule has 6 nitrogen and oxygen atoms in total. The first kappa shape index (κ1) is 17.8. The number of hydrogen-bond acceptors (Lipinski definition) is 5. The lowest BCUT2D eigenvalue weighted by Crippen LogP contribution is -2.34. The number of rotatable bonds is 4. The molecule has 0 amide bonds. The minimum Gasteiger partial charge on any atom is -0.383 e. The quantitative estimate of drug-likeness (QED) is 0.725. The van der Waals surface area contributed by atoms with E-state index in [1.807, 2.05) is 17.6 Å².